The van der Waals surface area contributed by atoms with Gasteiger partial charge in [0.05, 0.1) is 17.6 Å². The van der Waals surface area contributed by atoms with Crippen molar-refractivity contribution < 1.29 is 13.9 Å². The van der Waals surface area contributed by atoms with Crippen LogP contribution in [0.1, 0.15) is 39.0 Å². The highest BCUT2D eigenvalue weighted by Crippen LogP contribution is 2.44. The maximum Gasteiger partial charge on any atom is 0.310 e. The second-order valence-corrected chi connectivity index (χ2v) is 6.09. The molecule has 3 rings (SSSR count). The number of nitrogens with two attached hydrogens (primary N) is 1. The molecular formula is C14H21ClFNO2. The third-order valence-electron chi connectivity index (χ3n) is 4.50. The molecule has 2 N–H and O–H groups in total. The van der Waals surface area contributed by atoms with E-state index in [9.17, 15) is 9.18 Å². The van der Waals surface area contributed by atoms with Crippen LogP contribution in [0.25, 0.3) is 0 Å². The molecule has 3 fully saturated rings. The number of rotatable bonds is 4. The van der Waals surface area contributed by atoms with Crippen molar-refractivity contribution in [1.29, 1.82) is 0 Å². The summed E-state index contributed by atoms with van der Waals surface area (Å²) in [6.45, 7) is 1.42. The number of hydrogen-bond donors (Lipinski definition) is 1. The molecule has 0 amide bonds. The number of esters is 1. The molecular weight excluding hydrogens is 269 g/mol. The Morgan fingerprint density at radius 2 is 1.89 bits per heavy atom. The van der Waals surface area contributed by atoms with Crippen molar-refractivity contribution in [3.05, 3.63) is 10.9 Å². The molecule has 108 valence electrons. The molecule has 5 heteroatoms. The van der Waals surface area contributed by atoms with E-state index in [1.54, 1.807) is 0 Å². The van der Waals surface area contributed by atoms with Crippen molar-refractivity contribution in [3.63, 3.8) is 0 Å². The summed E-state index contributed by atoms with van der Waals surface area (Å²) >= 11 is 5.67. The van der Waals surface area contributed by atoms with Crippen LogP contribution in [-0.4, -0.2) is 18.6 Å². The number of carbonyl (C=O) groups excluding carboxylic acids is 1. The summed E-state index contributed by atoms with van der Waals surface area (Å²) in [6.07, 6.45) is 4.63. The normalized spacial score (nSPS) is 34.9. The van der Waals surface area contributed by atoms with Gasteiger partial charge in [-0.2, -0.15) is 0 Å². The summed E-state index contributed by atoms with van der Waals surface area (Å²) in [5.41, 5.74) is 6.15. The quantitative estimate of drug-likeness (QED) is 0.809. The summed E-state index contributed by atoms with van der Waals surface area (Å²) in [5.74, 6) is -0.0173. The second-order valence-electron chi connectivity index (χ2n) is 5.63. The van der Waals surface area contributed by atoms with Gasteiger partial charge in [-0.1, -0.05) is 11.6 Å². The number of allylic oxidation sites excluding steroid dienone is 1. The Bertz CT molecular complexity index is 372. The lowest BCUT2D eigenvalue weighted by Crippen LogP contribution is -2.52. The van der Waals surface area contributed by atoms with Gasteiger partial charge < -0.3 is 10.5 Å². The van der Waals surface area contributed by atoms with Gasteiger partial charge in [0.25, 0.3) is 0 Å². The number of hydrogen-bond acceptors (Lipinski definition) is 3. The van der Waals surface area contributed by atoms with E-state index >= 15 is 0 Å². The lowest BCUT2D eigenvalue weighted by Gasteiger charge is -2.45. The van der Waals surface area contributed by atoms with Crippen LogP contribution in [0.5, 0.6) is 0 Å². The predicted molar refractivity (Wildman–Crippen MR) is 72.2 cm³/mol. The first-order valence-electron chi connectivity index (χ1n) is 6.93. The summed E-state index contributed by atoms with van der Waals surface area (Å²) in [7, 11) is 0. The van der Waals surface area contributed by atoms with E-state index in [0.717, 1.165) is 25.7 Å². The van der Waals surface area contributed by atoms with Gasteiger partial charge in [-0.25, -0.2) is 4.39 Å². The molecule has 3 aliphatic rings. The highest BCUT2D eigenvalue weighted by Gasteiger charge is 2.46. The van der Waals surface area contributed by atoms with Crippen LogP contribution >= 0.6 is 11.6 Å². The molecule has 0 aromatic rings. The zero-order valence-electron chi connectivity index (χ0n) is 11.2. The Morgan fingerprint density at radius 3 is 2.42 bits per heavy atom. The maximum absolute atomic E-state index is 12.7. The fourth-order valence-electron chi connectivity index (χ4n) is 3.36. The SMILES string of the molecule is CC(F)=C(Cl)CCOC(=O)C1C2CCC(CC2)C1N. The Morgan fingerprint density at radius 1 is 1.32 bits per heavy atom. The van der Waals surface area contributed by atoms with E-state index < -0.39 is 5.83 Å². The van der Waals surface area contributed by atoms with E-state index in [0.29, 0.717) is 11.8 Å². The van der Waals surface area contributed by atoms with Gasteiger partial charge in [0.1, 0.15) is 5.83 Å². The van der Waals surface area contributed by atoms with Crippen LogP contribution in [0.4, 0.5) is 4.39 Å². The number of fused-ring (bicyclic) bond motifs is 3. The molecule has 0 saturated heterocycles. The predicted octanol–water partition coefficient (Wildman–Crippen LogP) is 3.12. The zero-order valence-corrected chi connectivity index (χ0v) is 12.0. The van der Waals surface area contributed by atoms with Crippen molar-refractivity contribution in [2.75, 3.05) is 6.61 Å². The largest absolute Gasteiger partial charge is 0.465 e. The molecule has 2 bridgehead atoms. The van der Waals surface area contributed by atoms with Gasteiger partial charge in [-0.3, -0.25) is 4.79 Å². The van der Waals surface area contributed by atoms with Crippen LogP contribution in [0, 0.1) is 17.8 Å². The Balaban J connectivity index is 1.85. The fraction of sp³-hybridized carbons (Fsp3) is 0.786. The molecule has 3 aliphatic carbocycles. The Kier molecular flexibility index (Phi) is 4.85. The minimum absolute atomic E-state index is 0.0751. The summed E-state index contributed by atoms with van der Waals surface area (Å²) < 4.78 is 18.0. The van der Waals surface area contributed by atoms with E-state index in [1.165, 1.54) is 6.92 Å². The molecule has 0 aromatic heterocycles. The smallest absolute Gasteiger partial charge is 0.310 e. The van der Waals surface area contributed by atoms with Crippen molar-refractivity contribution in [3.8, 4) is 0 Å². The standard InChI is InChI=1S/C14H21ClFNO2/c1-8(16)11(15)6-7-19-14(18)12-9-2-4-10(5-3-9)13(12)17/h9-10,12-13H,2-7,17H2,1H3. The average molecular weight is 290 g/mol. The monoisotopic (exact) mass is 289 g/mol. The van der Waals surface area contributed by atoms with Crippen LogP contribution in [-0.2, 0) is 9.53 Å². The topological polar surface area (TPSA) is 52.3 Å². The zero-order chi connectivity index (χ0) is 14.0. The Labute approximate surface area is 118 Å². The average Bonchev–Trinajstić information content (AvgIpc) is 2.39. The van der Waals surface area contributed by atoms with Crippen LogP contribution < -0.4 is 5.73 Å². The molecule has 0 spiro atoms. The van der Waals surface area contributed by atoms with Gasteiger partial charge >= 0.3 is 5.97 Å². The van der Waals surface area contributed by atoms with Crippen molar-refractivity contribution >= 4 is 17.6 Å². The van der Waals surface area contributed by atoms with E-state index in [-0.39, 0.29) is 36.0 Å². The molecule has 2 atom stereocenters. The summed E-state index contributed by atoms with van der Waals surface area (Å²) in [4.78, 5) is 12.1. The molecule has 0 radical (unpaired) electrons. The number of ether oxygens (including phenoxy) is 1. The van der Waals surface area contributed by atoms with Gasteiger partial charge in [-0.15, -0.1) is 0 Å². The minimum Gasteiger partial charge on any atom is -0.465 e. The van der Waals surface area contributed by atoms with E-state index in [2.05, 4.69) is 0 Å². The highest BCUT2D eigenvalue weighted by atomic mass is 35.5. The third kappa shape index (κ3) is 3.29. The van der Waals surface area contributed by atoms with Crippen LogP contribution in [0.2, 0.25) is 0 Å². The van der Waals surface area contributed by atoms with Gasteiger partial charge in [0, 0.05) is 12.5 Å². The lowest BCUT2D eigenvalue weighted by atomic mass is 9.62. The van der Waals surface area contributed by atoms with Crippen molar-refractivity contribution in [2.24, 2.45) is 23.5 Å². The highest BCUT2D eigenvalue weighted by molar-refractivity contribution is 6.29. The van der Waals surface area contributed by atoms with E-state index in [4.69, 9.17) is 22.1 Å². The van der Waals surface area contributed by atoms with Crippen molar-refractivity contribution in [1.82, 2.24) is 0 Å². The first-order valence-corrected chi connectivity index (χ1v) is 7.31. The van der Waals surface area contributed by atoms with Gasteiger partial charge in [-0.05, 0) is 44.4 Å². The first kappa shape index (κ1) is 14.8. The Hall–Kier alpha value is -0.610. The summed E-state index contributed by atoms with van der Waals surface area (Å²) in [6, 6.07) is -0.0751. The lowest BCUT2D eigenvalue weighted by molar-refractivity contribution is -0.155. The van der Waals surface area contributed by atoms with Crippen LogP contribution in [0.3, 0.4) is 0 Å². The molecule has 0 aliphatic heterocycles. The number of halogens is 2. The van der Waals surface area contributed by atoms with Gasteiger partial charge in [0.15, 0.2) is 0 Å². The number of carbonyl (C=O) groups is 1. The second kappa shape index (κ2) is 6.23. The molecule has 2 unspecified atom stereocenters. The minimum atomic E-state index is -0.425. The molecule has 3 saturated carbocycles. The summed E-state index contributed by atoms with van der Waals surface area (Å²) in [5, 5.41) is 0.113. The maximum atomic E-state index is 12.7. The molecule has 0 aromatic carbocycles. The van der Waals surface area contributed by atoms with Gasteiger partial charge in [0.2, 0.25) is 0 Å². The fourth-order valence-corrected chi connectivity index (χ4v) is 3.43. The molecule has 0 heterocycles. The first-order chi connectivity index (χ1) is 9.00. The van der Waals surface area contributed by atoms with E-state index in [1.807, 2.05) is 0 Å². The molecule has 3 nitrogen and oxygen atoms in total. The molecule has 19 heavy (non-hydrogen) atoms. The third-order valence-corrected chi connectivity index (χ3v) is 4.94. The van der Waals surface area contributed by atoms with Crippen molar-refractivity contribution in [2.45, 2.75) is 45.1 Å². The van der Waals surface area contributed by atoms with Crippen LogP contribution in [0.15, 0.2) is 10.9 Å².